The third-order valence-electron chi connectivity index (χ3n) is 4.77. The number of anilines is 1. The molecule has 2 rings (SSSR count). The number of hydrogen-bond donors (Lipinski definition) is 1. The zero-order chi connectivity index (χ0) is 20.2. The van der Waals surface area contributed by atoms with Crippen LogP contribution in [0.25, 0.3) is 0 Å². The zero-order valence-electron chi connectivity index (χ0n) is 15.2. The van der Waals surface area contributed by atoms with E-state index in [4.69, 9.17) is 15.1 Å². The van der Waals surface area contributed by atoms with Gasteiger partial charge in [0.15, 0.2) is 15.6 Å². The van der Waals surface area contributed by atoms with E-state index in [0.29, 0.717) is 5.69 Å². The number of carbonyl (C=O) groups is 2. The summed E-state index contributed by atoms with van der Waals surface area (Å²) < 4.78 is 28.0. The van der Waals surface area contributed by atoms with Crippen LogP contribution in [0.5, 0.6) is 0 Å². The van der Waals surface area contributed by atoms with Crippen molar-refractivity contribution in [3.8, 4) is 6.07 Å². The summed E-state index contributed by atoms with van der Waals surface area (Å²) in [6.45, 7) is 0.955. The van der Waals surface area contributed by atoms with Gasteiger partial charge in [0.1, 0.15) is 10.9 Å². The molecule has 1 aromatic rings. The summed E-state index contributed by atoms with van der Waals surface area (Å²) in [5, 5.41) is 17.7. The number of nitrogens with zero attached hydrogens (tertiary/aromatic N) is 2. The summed E-state index contributed by atoms with van der Waals surface area (Å²) >= 11 is 0. The summed E-state index contributed by atoms with van der Waals surface area (Å²) in [7, 11) is -3.79. The molecule has 2 unspecified atom stereocenters. The first-order chi connectivity index (χ1) is 12.6. The van der Waals surface area contributed by atoms with Gasteiger partial charge in [0, 0.05) is 24.8 Å². The topological polar surface area (TPSA) is 125 Å². The maximum atomic E-state index is 12.3. The van der Waals surface area contributed by atoms with Gasteiger partial charge in [-0.1, -0.05) is 12.1 Å². The van der Waals surface area contributed by atoms with Gasteiger partial charge in [0.05, 0.1) is 25.6 Å². The molecule has 1 fully saturated rings. The maximum absolute atomic E-state index is 12.3. The van der Waals surface area contributed by atoms with Crippen LogP contribution >= 0.6 is 0 Å². The number of sulfone groups is 1. The molecule has 1 amide bonds. The average molecular weight is 394 g/mol. The molecule has 1 aromatic carbocycles. The predicted molar refractivity (Wildman–Crippen MR) is 97.9 cm³/mol. The number of amides is 1. The Bertz CT molecular complexity index is 859. The summed E-state index contributed by atoms with van der Waals surface area (Å²) in [5.74, 6) is -0.608. The molecule has 1 heterocycles. The Morgan fingerprint density at radius 1 is 1.41 bits per heavy atom. The van der Waals surface area contributed by atoms with Gasteiger partial charge in [-0.25, -0.2) is 13.2 Å². The minimum Gasteiger partial charge on any atom is -0.444 e. The minimum atomic E-state index is -3.79. The first-order valence-corrected chi connectivity index (χ1v) is 10.3. The second kappa shape index (κ2) is 8.06. The Morgan fingerprint density at radius 3 is 2.56 bits per heavy atom. The number of aliphatic hydroxyl groups is 1. The first-order valence-electron chi connectivity index (χ1n) is 8.40. The number of hydrogen-bond acceptors (Lipinski definition) is 7. The van der Waals surface area contributed by atoms with Gasteiger partial charge in [-0.3, -0.25) is 9.69 Å². The Balaban J connectivity index is 2.18. The Kier molecular flexibility index (Phi) is 6.23. The third-order valence-corrected chi connectivity index (χ3v) is 6.80. The fourth-order valence-corrected chi connectivity index (χ4v) is 4.00. The number of nitriles is 1. The number of ketones is 1. The second-order valence-electron chi connectivity index (χ2n) is 6.72. The van der Waals surface area contributed by atoms with Gasteiger partial charge in [0.2, 0.25) is 0 Å². The van der Waals surface area contributed by atoms with Crippen molar-refractivity contribution in [3.63, 3.8) is 0 Å². The average Bonchev–Trinajstić information content (AvgIpc) is 2.95. The van der Waals surface area contributed by atoms with E-state index in [0.717, 1.165) is 11.8 Å². The van der Waals surface area contributed by atoms with E-state index >= 15 is 0 Å². The monoisotopic (exact) mass is 394 g/mol. The molecule has 0 radical (unpaired) electrons. The van der Waals surface area contributed by atoms with Crippen LogP contribution in [0.3, 0.4) is 0 Å². The highest BCUT2D eigenvalue weighted by Crippen LogP contribution is 2.31. The van der Waals surface area contributed by atoms with Gasteiger partial charge in [-0.05, 0) is 24.6 Å². The van der Waals surface area contributed by atoms with Crippen LogP contribution in [0.2, 0.25) is 0 Å². The lowest BCUT2D eigenvalue weighted by Crippen LogP contribution is -2.46. The number of aliphatic hydroxyl groups excluding tert-OH is 1. The highest BCUT2D eigenvalue weighted by atomic mass is 32.2. The van der Waals surface area contributed by atoms with Crippen molar-refractivity contribution in [2.75, 3.05) is 24.3 Å². The standard InChI is InChI=1S/C18H22N2O6S/c1-18(27(2,24)25,16(22)8-10-21)11-15-12-20(17(23)26-15)14-5-3-13(4-6-14)7-9-19/h3-6,15,21H,7-8,10-12H2,1-2H3. The zero-order valence-corrected chi connectivity index (χ0v) is 16.0. The molecule has 0 aromatic heterocycles. The van der Waals surface area contributed by atoms with E-state index in [9.17, 15) is 18.0 Å². The van der Waals surface area contributed by atoms with Crippen LogP contribution in [0, 0.1) is 11.3 Å². The van der Waals surface area contributed by atoms with E-state index in [1.807, 2.05) is 6.07 Å². The van der Waals surface area contributed by atoms with Crippen LogP contribution in [-0.4, -0.2) is 55.7 Å². The van der Waals surface area contributed by atoms with Gasteiger partial charge in [-0.15, -0.1) is 0 Å². The van der Waals surface area contributed by atoms with Gasteiger partial charge in [-0.2, -0.15) is 5.26 Å². The van der Waals surface area contributed by atoms with Crippen molar-refractivity contribution in [1.29, 1.82) is 5.26 Å². The minimum absolute atomic E-state index is 0.105. The summed E-state index contributed by atoms with van der Waals surface area (Å²) in [6, 6.07) is 8.86. The van der Waals surface area contributed by atoms with Crippen molar-refractivity contribution in [2.24, 2.45) is 0 Å². The molecule has 8 nitrogen and oxygen atoms in total. The van der Waals surface area contributed by atoms with Gasteiger partial charge < -0.3 is 9.84 Å². The van der Waals surface area contributed by atoms with Gasteiger partial charge in [0.25, 0.3) is 0 Å². The highest BCUT2D eigenvalue weighted by molar-refractivity contribution is 7.92. The van der Waals surface area contributed by atoms with E-state index < -0.39 is 39.2 Å². The lowest BCUT2D eigenvalue weighted by Gasteiger charge is -2.28. The highest BCUT2D eigenvalue weighted by Gasteiger charge is 2.47. The molecule has 0 spiro atoms. The number of benzene rings is 1. The molecular weight excluding hydrogens is 372 g/mol. The number of ether oxygens (including phenoxy) is 1. The Morgan fingerprint density at radius 2 is 2.04 bits per heavy atom. The third kappa shape index (κ3) is 4.46. The fourth-order valence-electron chi connectivity index (χ4n) is 3.00. The normalized spacial score (nSPS) is 19.3. The molecule has 1 N–H and O–H groups in total. The smallest absolute Gasteiger partial charge is 0.414 e. The molecule has 2 atom stereocenters. The SMILES string of the molecule is CC(CC1CN(c2ccc(CC#N)cc2)C(=O)O1)(C(=O)CCO)S(C)(=O)=O. The molecular formula is C18H22N2O6S. The van der Waals surface area contributed by atoms with E-state index in [-0.39, 0.29) is 25.8 Å². The molecule has 0 aliphatic carbocycles. The molecule has 1 saturated heterocycles. The quantitative estimate of drug-likeness (QED) is 0.703. The van der Waals surface area contributed by atoms with Crippen LogP contribution in [-0.2, 0) is 25.8 Å². The largest absolute Gasteiger partial charge is 0.444 e. The summed E-state index contributed by atoms with van der Waals surface area (Å²) in [4.78, 5) is 25.9. The number of rotatable bonds is 8. The van der Waals surface area contributed by atoms with Crippen molar-refractivity contribution < 1.29 is 27.9 Å². The molecule has 9 heteroatoms. The first kappa shape index (κ1) is 20.9. The summed E-state index contributed by atoms with van der Waals surface area (Å²) in [5.41, 5.74) is 1.37. The molecule has 27 heavy (non-hydrogen) atoms. The summed E-state index contributed by atoms with van der Waals surface area (Å²) in [6.07, 6.45) is -0.650. The van der Waals surface area contributed by atoms with Crippen molar-refractivity contribution in [2.45, 2.75) is 37.0 Å². The molecule has 0 saturated carbocycles. The van der Waals surface area contributed by atoms with Crippen LogP contribution in [0.1, 0.15) is 25.3 Å². The maximum Gasteiger partial charge on any atom is 0.414 e. The Labute approximate surface area is 158 Å². The van der Waals surface area contributed by atoms with Crippen molar-refractivity contribution in [1.82, 2.24) is 0 Å². The van der Waals surface area contributed by atoms with Gasteiger partial charge >= 0.3 is 6.09 Å². The lowest BCUT2D eigenvalue weighted by molar-refractivity contribution is -0.122. The van der Waals surface area contributed by atoms with Crippen LogP contribution < -0.4 is 4.90 Å². The predicted octanol–water partition coefficient (Wildman–Crippen LogP) is 1.22. The Hall–Kier alpha value is -2.44. The lowest BCUT2D eigenvalue weighted by atomic mass is 9.95. The van der Waals surface area contributed by atoms with Crippen molar-refractivity contribution in [3.05, 3.63) is 29.8 Å². The fraction of sp³-hybridized carbons (Fsp3) is 0.500. The van der Waals surface area contributed by atoms with Crippen LogP contribution in [0.4, 0.5) is 10.5 Å². The molecule has 1 aliphatic rings. The molecule has 0 bridgehead atoms. The second-order valence-corrected chi connectivity index (χ2v) is 9.17. The van der Waals surface area contributed by atoms with E-state index in [1.54, 1.807) is 24.3 Å². The molecule has 146 valence electrons. The number of Topliss-reactive ketones (excluding diaryl/α,β-unsaturated/α-hetero) is 1. The van der Waals surface area contributed by atoms with E-state index in [2.05, 4.69) is 0 Å². The molecule has 1 aliphatic heterocycles. The number of carbonyl (C=O) groups excluding carboxylic acids is 2. The van der Waals surface area contributed by atoms with Crippen LogP contribution in [0.15, 0.2) is 24.3 Å². The number of cyclic esters (lactones) is 1. The van der Waals surface area contributed by atoms with E-state index in [1.165, 1.54) is 11.8 Å². The van der Waals surface area contributed by atoms with Crippen molar-refractivity contribution >= 4 is 27.4 Å².